The van der Waals surface area contributed by atoms with E-state index in [1.165, 1.54) is 18.2 Å². The van der Waals surface area contributed by atoms with Crippen LogP contribution in [0.4, 0.5) is 4.39 Å². The normalized spacial score (nSPS) is 18.2. The highest BCUT2D eigenvalue weighted by atomic mass is 35.5. The van der Waals surface area contributed by atoms with Crippen LogP contribution in [0.2, 0.25) is 5.02 Å². The zero-order valence-electron chi connectivity index (χ0n) is 14.0. The summed E-state index contributed by atoms with van der Waals surface area (Å²) >= 11 is 5.73. The molecule has 2 aromatic rings. The molecule has 0 spiro atoms. The van der Waals surface area contributed by atoms with Gasteiger partial charge in [-0.25, -0.2) is 18.3 Å². The highest BCUT2D eigenvalue weighted by Crippen LogP contribution is 2.27. The lowest BCUT2D eigenvalue weighted by Gasteiger charge is -2.35. The Morgan fingerprint density at radius 1 is 1.33 bits per heavy atom. The second kappa shape index (κ2) is 7.55. The fourth-order valence-corrected chi connectivity index (χ4v) is 4.64. The lowest BCUT2D eigenvalue weighted by molar-refractivity contribution is -0.136. The molecule has 1 aromatic heterocycles. The summed E-state index contributed by atoms with van der Waals surface area (Å²) < 4.78 is 42.4. The van der Waals surface area contributed by atoms with Gasteiger partial charge in [0, 0.05) is 16.7 Å². The first-order valence-electron chi connectivity index (χ1n) is 8.06. The summed E-state index contributed by atoms with van der Waals surface area (Å²) in [5.74, 6) is -1.31. The molecule has 0 atom stereocenters. The standard InChI is InChI=1S/C16H17ClFN3O5S/c17-10-1-2-12(13(18)7-10)14-8-11(26-21-14)9-19-16(15(22)20-23)3-5-27(24,25)6-4-16/h1-2,7-8,19,23H,3-6,9H2,(H,20,22). The molecule has 1 fully saturated rings. The fourth-order valence-electron chi connectivity index (χ4n) is 2.95. The van der Waals surface area contributed by atoms with Crippen LogP contribution in [0.15, 0.2) is 28.8 Å². The van der Waals surface area contributed by atoms with Crippen LogP contribution in [-0.4, -0.2) is 41.7 Å². The van der Waals surface area contributed by atoms with Gasteiger partial charge in [0.05, 0.1) is 18.1 Å². The van der Waals surface area contributed by atoms with Crippen molar-refractivity contribution < 1.29 is 27.3 Å². The Morgan fingerprint density at radius 3 is 2.67 bits per heavy atom. The fraction of sp³-hybridized carbons (Fsp3) is 0.375. The average Bonchev–Trinajstić information content (AvgIpc) is 3.09. The predicted molar refractivity (Wildman–Crippen MR) is 94.3 cm³/mol. The summed E-state index contributed by atoms with van der Waals surface area (Å²) in [6.07, 6.45) is 0.0169. The number of carbonyl (C=O) groups excluding carboxylic acids is 1. The predicted octanol–water partition coefficient (Wildman–Crippen LogP) is 1.68. The number of hydroxylamine groups is 1. The first-order chi connectivity index (χ1) is 12.7. The van der Waals surface area contributed by atoms with Crippen molar-refractivity contribution in [2.45, 2.75) is 24.9 Å². The molecule has 0 radical (unpaired) electrons. The Hall–Kier alpha value is -2.01. The van der Waals surface area contributed by atoms with Gasteiger partial charge in [-0.1, -0.05) is 16.8 Å². The van der Waals surface area contributed by atoms with Crippen molar-refractivity contribution in [3.63, 3.8) is 0 Å². The van der Waals surface area contributed by atoms with E-state index >= 15 is 0 Å². The molecule has 0 bridgehead atoms. The van der Waals surface area contributed by atoms with Crippen LogP contribution in [-0.2, 0) is 21.2 Å². The van der Waals surface area contributed by atoms with Crippen molar-refractivity contribution >= 4 is 27.3 Å². The van der Waals surface area contributed by atoms with E-state index in [9.17, 15) is 17.6 Å². The quantitative estimate of drug-likeness (QED) is 0.499. The second-order valence-corrected chi connectivity index (χ2v) is 9.07. The molecule has 2 heterocycles. The van der Waals surface area contributed by atoms with E-state index in [1.54, 1.807) is 5.48 Å². The van der Waals surface area contributed by atoms with Crippen molar-refractivity contribution in [3.05, 3.63) is 40.9 Å². The van der Waals surface area contributed by atoms with Gasteiger partial charge in [0.15, 0.2) is 5.76 Å². The summed E-state index contributed by atoms with van der Waals surface area (Å²) in [6, 6.07) is 5.66. The Labute approximate surface area is 159 Å². The zero-order valence-corrected chi connectivity index (χ0v) is 15.6. The minimum atomic E-state index is -3.21. The lowest BCUT2D eigenvalue weighted by atomic mass is 9.91. The average molecular weight is 418 g/mol. The van der Waals surface area contributed by atoms with E-state index in [4.69, 9.17) is 21.3 Å². The Kier molecular flexibility index (Phi) is 5.52. The number of rotatable bonds is 5. The number of carbonyl (C=O) groups is 1. The molecule has 146 valence electrons. The van der Waals surface area contributed by atoms with Crippen LogP contribution in [0, 0.1) is 5.82 Å². The third-order valence-corrected chi connectivity index (χ3v) is 6.47. The van der Waals surface area contributed by atoms with Crippen LogP contribution in [0.5, 0.6) is 0 Å². The molecule has 3 N–H and O–H groups in total. The second-order valence-electron chi connectivity index (χ2n) is 6.33. The van der Waals surface area contributed by atoms with Crippen molar-refractivity contribution in [2.24, 2.45) is 0 Å². The highest BCUT2D eigenvalue weighted by Gasteiger charge is 2.43. The van der Waals surface area contributed by atoms with Crippen molar-refractivity contribution in [3.8, 4) is 11.3 Å². The Bertz CT molecular complexity index is 949. The van der Waals surface area contributed by atoms with Gasteiger partial charge in [-0.3, -0.25) is 15.3 Å². The smallest absolute Gasteiger partial charge is 0.263 e. The zero-order chi connectivity index (χ0) is 19.7. The van der Waals surface area contributed by atoms with Crippen molar-refractivity contribution in [1.29, 1.82) is 0 Å². The van der Waals surface area contributed by atoms with Crippen LogP contribution >= 0.6 is 11.6 Å². The molecular formula is C16H17ClFN3O5S. The van der Waals surface area contributed by atoms with E-state index in [0.717, 1.165) is 6.07 Å². The number of aromatic nitrogens is 1. The molecule has 1 aliphatic rings. The van der Waals surface area contributed by atoms with Crippen LogP contribution < -0.4 is 10.8 Å². The number of halogens is 2. The first-order valence-corrected chi connectivity index (χ1v) is 10.3. The maximum Gasteiger partial charge on any atom is 0.263 e. The molecule has 0 aliphatic carbocycles. The summed E-state index contributed by atoms with van der Waals surface area (Å²) in [5.41, 5.74) is 0.793. The van der Waals surface area contributed by atoms with Gasteiger partial charge in [0.25, 0.3) is 5.91 Å². The van der Waals surface area contributed by atoms with Gasteiger partial charge in [-0.2, -0.15) is 0 Å². The highest BCUT2D eigenvalue weighted by molar-refractivity contribution is 7.91. The minimum absolute atomic E-state index is 0.00847. The molecule has 27 heavy (non-hydrogen) atoms. The molecule has 1 aliphatic heterocycles. The number of benzene rings is 1. The number of nitrogens with zero attached hydrogens (tertiary/aromatic N) is 1. The first kappa shape index (κ1) is 19.7. The number of hydrogen-bond donors (Lipinski definition) is 3. The van der Waals surface area contributed by atoms with Crippen LogP contribution in [0.1, 0.15) is 18.6 Å². The van der Waals surface area contributed by atoms with Gasteiger partial charge < -0.3 is 4.52 Å². The molecule has 11 heteroatoms. The molecular weight excluding hydrogens is 401 g/mol. The number of amides is 1. The lowest BCUT2D eigenvalue weighted by Crippen LogP contribution is -2.59. The molecule has 0 saturated carbocycles. The number of nitrogens with one attached hydrogen (secondary N) is 2. The topological polar surface area (TPSA) is 122 Å². The Morgan fingerprint density at radius 2 is 2.04 bits per heavy atom. The van der Waals surface area contributed by atoms with E-state index in [2.05, 4.69) is 10.5 Å². The molecule has 1 aromatic carbocycles. The maximum atomic E-state index is 14.0. The maximum absolute atomic E-state index is 14.0. The molecule has 1 saturated heterocycles. The van der Waals surface area contributed by atoms with Crippen molar-refractivity contribution in [1.82, 2.24) is 16.0 Å². The summed E-state index contributed by atoms with van der Waals surface area (Å²) in [4.78, 5) is 12.1. The molecule has 3 rings (SSSR count). The van der Waals surface area contributed by atoms with Crippen LogP contribution in [0.3, 0.4) is 0 Å². The minimum Gasteiger partial charge on any atom is -0.359 e. The monoisotopic (exact) mass is 417 g/mol. The number of hydrogen-bond acceptors (Lipinski definition) is 7. The third-order valence-electron chi connectivity index (χ3n) is 4.58. The van der Waals surface area contributed by atoms with Gasteiger partial charge in [-0.15, -0.1) is 0 Å². The van der Waals surface area contributed by atoms with E-state index in [0.29, 0.717) is 5.76 Å². The number of sulfone groups is 1. The van der Waals surface area contributed by atoms with Crippen molar-refractivity contribution in [2.75, 3.05) is 11.5 Å². The molecule has 0 unspecified atom stereocenters. The molecule has 8 nitrogen and oxygen atoms in total. The summed E-state index contributed by atoms with van der Waals surface area (Å²) in [7, 11) is -3.21. The van der Waals surface area contributed by atoms with Crippen LogP contribution in [0.25, 0.3) is 11.3 Å². The third kappa shape index (κ3) is 4.29. The summed E-state index contributed by atoms with van der Waals surface area (Å²) in [5, 5.41) is 16.0. The largest absolute Gasteiger partial charge is 0.359 e. The Balaban J connectivity index is 1.75. The van der Waals surface area contributed by atoms with Gasteiger partial charge >= 0.3 is 0 Å². The summed E-state index contributed by atoms with van der Waals surface area (Å²) in [6.45, 7) is 0.0374. The van der Waals surface area contributed by atoms with Gasteiger partial charge in [-0.05, 0) is 31.0 Å². The molecule has 1 amide bonds. The van der Waals surface area contributed by atoms with Gasteiger partial charge in [0.1, 0.15) is 26.9 Å². The van der Waals surface area contributed by atoms with Gasteiger partial charge in [0.2, 0.25) is 0 Å². The SMILES string of the molecule is O=C(NO)C1(NCc2cc(-c3ccc(Cl)cc3F)no2)CCS(=O)(=O)CC1. The van der Waals surface area contributed by atoms with E-state index in [-0.39, 0.29) is 47.2 Å². The van der Waals surface area contributed by atoms with E-state index < -0.39 is 27.1 Å². The van der Waals surface area contributed by atoms with E-state index in [1.807, 2.05) is 0 Å².